The van der Waals surface area contributed by atoms with Crippen molar-refractivity contribution in [3.63, 3.8) is 0 Å². The van der Waals surface area contributed by atoms with Gasteiger partial charge in [0.15, 0.2) is 11.5 Å². The molecule has 98 valence electrons. The van der Waals surface area contributed by atoms with Crippen LogP contribution in [0.5, 0.6) is 11.5 Å². The Labute approximate surface area is 106 Å². The molecular weight excluding hydrogens is 212 g/mol. The third-order valence-electron chi connectivity index (χ3n) is 2.18. The fourth-order valence-corrected chi connectivity index (χ4v) is 1.37. The zero-order chi connectivity index (χ0) is 13.1. The molecule has 0 aliphatic heterocycles. The van der Waals surface area contributed by atoms with Crippen LogP contribution in [-0.4, -0.2) is 13.2 Å². The van der Waals surface area contributed by atoms with Crippen molar-refractivity contribution in [3.8, 4) is 11.5 Å². The van der Waals surface area contributed by atoms with Crippen molar-refractivity contribution in [2.24, 2.45) is 0 Å². The van der Waals surface area contributed by atoms with Gasteiger partial charge in [-0.05, 0) is 37.5 Å². The smallest absolute Gasteiger partial charge is 0.161 e. The first-order chi connectivity index (χ1) is 8.31. The van der Waals surface area contributed by atoms with E-state index in [0.717, 1.165) is 30.9 Å². The van der Waals surface area contributed by atoms with Crippen LogP contribution in [0.4, 0.5) is 0 Å². The number of hydrogen-bond donors (Lipinski definition) is 0. The minimum Gasteiger partial charge on any atom is -0.490 e. The van der Waals surface area contributed by atoms with Crippen LogP contribution < -0.4 is 9.47 Å². The summed E-state index contributed by atoms with van der Waals surface area (Å²) in [4.78, 5) is 0. The normalized spacial score (nSPS) is 9.24. The fraction of sp³-hybridized carbons (Fsp3) is 0.600. The van der Waals surface area contributed by atoms with Gasteiger partial charge in [0.1, 0.15) is 0 Å². The zero-order valence-electron chi connectivity index (χ0n) is 11.9. The molecule has 0 saturated heterocycles. The fourth-order valence-electron chi connectivity index (χ4n) is 1.37. The van der Waals surface area contributed by atoms with Crippen LogP contribution in [0.3, 0.4) is 0 Å². The van der Waals surface area contributed by atoms with E-state index in [2.05, 4.69) is 26.0 Å². The van der Waals surface area contributed by atoms with E-state index >= 15 is 0 Å². The molecule has 0 atom stereocenters. The largest absolute Gasteiger partial charge is 0.490 e. The van der Waals surface area contributed by atoms with Gasteiger partial charge in [-0.15, -0.1) is 0 Å². The maximum Gasteiger partial charge on any atom is 0.161 e. The highest BCUT2D eigenvalue weighted by molar-refractivity contribution is 5.43. The lowest BCUT2D eigenvalue weighted by atomic mass is 10.1. The number of aryl methyl sites for hydroxylation is 1. The van der Waals surface area contributed by atoms with Gasteiger partial charge in [-0.25, -0.2) is 0 Å². The first-order valence-electron chi connectivity index (χ1n) is 6.70. The highest BCUT2D eigenvalue weighted by Crippen LogP contribution is 2.28. The van der Waals surface area contributed by atoms with Crippen molar-refractivity contribution in [1.29, 1.82) is 0 Å². The topological polar surface area (TPSA) is 18.5 Å². The average Bonchev–Trinajstić information content (AvgIpc) is 2.40. The van der Waals surface area contributed by atoms with E-state index in [0.29, 0.717) is 6.61 Å². The third-order valence-corrected chi connectivity index (χ3v) is 2.18. The quantitative estimate of drug-likeness (QED) is 0.728. The number of rotatable bonds is 6. The summed E-state index contributed by atoms with van der Waals surface area (Å²) in [6.45, 7) is 11.6. The molecule has 17 heavy (non-hydrogen) atoms. The van der Waals surface area contributed by atoms with E-state index in [-0.39, 0.29) is 0 Å². The van der Waals surface area contributed by atoms with Gasteiger partial charge < -0.3 is 9.47 Å². The van der Waals surface area contributed by atoms with Crippen LogP contribution in [0, 0.1) is 0 Å². The Morgan fingerprint density at radius 2 is 1.65 bits per heavy atom. The molecule has 0 fully saturated rings. The van der Waals surface area contributed by atoms with E-state index in [4.69, 9.17) is 9.47 Å². The second-order valence-electron chi connectivity index (χ2n) is 3.42. The molecule has 1 aromatic rings. The molecule has 2 nitrogen and oxygen atoms in total. The van der Waals surface area contributed by atoms with Crippen LogP contribution in [0.15, 0.2) is 18.2 Å². The van der Waals surface area contributed by atoms with Gasteiger partial charge >= 0.3 is 0 Å². The summed E-state index contributed by atoms with van der Waals surface area (Å²) in [6, 6.07) is 6.15. The molecule has 1 rings (SSSR count). The SMILES string of the molecule is CC.CCCOc1cc(CC)ccc1OCC. The molecule has 0 unspecified atom stereocenters. The van der Waals surface area contributed by atoms with E-state index in [1.54, 1.807) is 0 Å². The lowest BCUT2D eigenvalue weighted by Crippen LogP contribution is -2.00. The lowest BCUT2D eigenvalue weighted by molar-refractivity contribution is 0.276. The van der Waals surface area contributed by atoms with Crippen molar-refractivity contribution in [1.82, 2.24) is 0 Å². The van der Waals surface area contributed by atoms with Gasteiger partial charge in [0, 0.05) is 0 Å². The van der Waals surface area contributed by atoms with E-state index in [1.165, 1.54) is 5.56 Å². The summed E-state index contributed by atoms with van der Waals surface area (Å²) in [6.07, 6.45) is 2.04. The van der Waals surface area contributed by atoms with Crippen molar-refractivity contribution in [2.75, 3.05) is 13.2 Å². The number of hydrogen-bond acceptors (Lipinski definition) is 2. The average molecular weight is 238 g/mol. The zero-order valence-corrected chi connectivity index (χ0v) is 11.9. The highest BCUT2D eigenvalue weighted by atomic mass is 16.5. The van der Waals surface area contributed by atoms with Gasteiger partial charge in [-0.3, -0.25) is 0 Å². The second-order valence-corrected chi connectivity index (χ2v) is 3.42. The van der Waals surface area contributed by atoms with E-state index < -0.39 is 0 Å². The van der Waals surface area contributed by atoms with Crippen molar-refractivity contribution < 1.29 is 9.47 Å². The van der Waals surface area contributed by atoms with Crippen LogP contribution >= 0.6 is 0 Å². The summed E-state index contributed by atoms with van der Waals surface area (Å²) in [5.41, 5.74) is 1.28. The third kappa shape index (κ3) is 5.62. The first kappa shape index (κ1) is 15.8. The minimum atomic E-state index is 0.675. The van der Waals surface area contributed by atoms with Crippen LogP contribution in [0.1, 0.15) is 46.6 Å². The Balaban J connectivity index is 0.00000121. The van der Waals surface area contributed by atoms with Gasteiger partial charge in [-0.1, -0.05) is 33.8 Å². The van der Waals surface area contributed by atoms with Gasteiger partial charge in [0.2, 0.25) is 0 Å². The molecule has 0 radical (unpaired) electrons. The Hall–Kier alpha value is -1.18. The summed E-state index contributed by atoms with van der Waals surface area (Å²) in [5.74, 6) is 1.72. The summed E-state index contributed by atoms with van der Waals surface area (Å²) in [5, 5.41) is 0. The molecule has 0 aliphatic rings. The Morgan fingerprint density at radius 1 is 0.941 bits per heavy atom. The van der Waals surface area contributed by atoms with Gasteiger partial charge in [0.25, 0.3) is 0 Å². The molecule has 0 spiro atoms. The Morgan fingerprint density at radius 3 is 2.18 bits per heavy atom. The second kappa shape index (κ2) is 10.0. The highest BCUT2D eigenvalue weighted by Gasteiger charge is 2.05. The summed E-state index contributed by atoms with van der Waals surface area (Å²) < 4.78 is 11.2. The Kier molecular flexibility index (Phi) is 9.31. The van der Waals surface area contributed by atoms with E-state index in [9.17, 15) is 0 Å². The molecule has 0 heterocycles. The first-order valence-corrected chi connectivity index (χ1v) is 6.70. The number of benzene rings is 1. The van der Waals surface area contributed by atoms with E-state index in [1.807, 2.05) is 26.8 Å². The van der Waals surface area contributed by atoms with Crippen LogP contribution in [0.2, 0.25) is 0 Å². The van der Waals surface area contributed by atoms with Crippen LogP contribution in [0.25, 0.3) is 0 Å². The predicted octanol–water partition coefficient (Wildman–Crippen LogP) is 4.46. The maximum atomic E-state index is 5.66. The molecule has 0 amide bonds. The predicted molar refractivity (Wildman–Crippen MR) is 74.1 cm³/mol. The minimum absolute atomic E-state index is 0.675. The van der Waals surface area contributed by atoms with Crippen molar-refractivity contribution in [3.05, 3.63) is 23.8 Å². The van der Waals surface area contributed by atoms with Crippen molar-refractivity contribution >= 4 is 0 Å². The standard InChI is InChI=1S/C13H20O2.C2H6/c1-4-9-15-13-10-11(5-2)7-8-12(13)14-6-3;1-2/h7-8,10H,4-6,9H2,1-3H3;1-2H3. The molecule has 0 aromatic heterocycles. The molecule has 0 saturated carbocycles. The lowest BCUT2D eigenvalue weighted by Gasteiger charge is -2.12. The molecular formula is C15H26O2. The number of ether oxygens (including phenoxy) is 2. The summed E-state index contributed by atoms with van der Waals surface area (Å²) >= 11 is 0. The monoisotopic (exact) mass is 238 g/mol. The molecule has 2 heteroatoms. The maximum absolute atomic E-state index is 5.66. The van der Waals surface area contributed by atoms with Crippen molar-refractivity contribution in [2.45, 2.75) is 47.5 Å². The van der Waals surface area contributed by atoms with Gasteiger partial charge in [0.05, 0.1) is 13.2 Å². The molecule has 0 N–H and O–H groups in total. The van der Waals surface area contributed by atoms with Crippen LogP contribution in [-0.2, 0) is 6.42 Å². The molecule has 1 aromatic carbocycles. The van der Waals surface area contributed by atoms with Gasteiger partial charge in [-0.2, -0.15) is 0 Å². The molecule has 0 bridgehead atoms. The Bertz CT molecular complexity index is 295. The molecule has 0 aliphatic carbocycles. The summed E-state index contributed by atoms with van der Waals surface area (Å²) in [7, 11) is 0.